The number of hydrogen-bond acceptors (Lipinski definition) is 6. The zero-order chi connectivity index (χ0) is 16.2. The van der Waals surface area contributed by atoms with Gasteiger partial charge in [0.2, 0.25) is 0 Å². The van der Waals surface area contributed by atoms with Crippen molar-refractivity contribution in [1.82, 2.24) is 25.1 Å². The third-order valence-corrected chi connectivity index (χ3v) is 4.28. The van der Waals surface area contributed by atoms with Gasteiger partial charge in [-0.15, -0.1) is 5.10 Å². The SMILES string of the molecule is c1ccc(N2CCN(Cc3cn(Cc4ccon4)nn3)CC2)cc1. The monoisotopic (exact) mass is 324 g/mol. The fraction of sp³-hybridized carbons (Fsp3) is 0.353. The minimum Gasteiger partial charge on any atom is -0.369 e. The molecule has 0 atom stereocenters. The smallest absolute Gasteiger partial charge is 0.124 e. The molecule has 3 aromatic rings. The van der Waals surface area contributed by atoms with E-state index in [0.717, 1.165) is 44.1 Å². The highest BCUT2D eigenvalue weighted by Crippen LogP contribution is 2.16. The molecule has 3 heterocycles. The van der Waals surface area contributed by atoms with Crippen LogP contribution in [0.3, 0.4) is 0 Å². The molecule has 0 radical (unpaired) electrons. The van der Waals surface area contributed by atoms with E-state index in [2.05, 4.69) is 55.6 Å². The topological polar surface area (TPSA) is 63.2 Å². The third-order valence-electron chi connectivity index (χ3n) is 4.28. The molecule has 0 amide bonds. The molecule has 24 heavy (non-hydrogen) atoms. The van der Waals surface area contributed by atoms with Crippen LogP contribution in [0.4, 0.5) is 5.69 Å². The Morgan fingerprint density at radius 2 is 1.75 bits per heavy atom. The Morgan fingerprint density at radius 3 is 2.50 bits per heavy atom. The Kier molecular flexibility index (Phi) is 4.24. The van der Waals surface area contributed by atoms with Crippen molar-refractivity contribution in [3.63, 3.8) is 0 Å². The Balaban J connectivity index is 1.30. The molecule has 1 aromatic carbocycles. The Hall–Kier alpha value is -2.67. The first-order valence-corrected chi connectivity index (χ1v) is 8.17. The van der Waals surface area contributed by atoms with Gasteiger partial charge in [0, 0.05) is 44.5 Å². The average molecular weight is 324 g/mol. The highest BCUT2D eigenvalue weighted by molar-refractivity contribution is 5.46. The summed E-state index contributed by atoms with van der Waals surface area (Å²) in [5.74, 6) is 0. The first-order chi connectivity index (χ1) is 11.9. The lowest BCUT2D eigenvalue weighted by Gasteiger charge is -2.35. The van der Waals surface area contributed by atoms with Crippen LogP contribution < -0.4 is 4.90 Å². The zero-order valence-electron chi connectivity index (χ0n) is 13.5. The van der Waals surface area contributed by atoms with Crippen LogP contribution in [0.25, 0.3) is 0 Å². The zero-order valence-corrected chi connectivity index (χ0v) is 13.5. The van der Waals surface area contributed by atoms with Gasteiger partial charge in [0.25, 0.3) is 0 Å². The summed E-state index contributed by atoms with van der Waals surface area (Å²) < 4.78 is 6.64. The van der Waals surface area contributed by atoms with Crippen LogP contribution in [0.1, 0.15) is 11.4 Å². The van der Waals surface area contributed by atoms with Crippen molar-refractivity contribution in [1.29, 1.82) is 0 Å². The van der Waals surface area contributed by atoms with E-state index in [0.29, 0.717) is 6.54 Å². The van der Waals surface area contributed by atoms with Crippen molar-refractivity contribution in [2.75, 3.05) is 31.1 Å². The normalized spacial score (nSPS) is 15.8. The lowest BCUT2D eigenvalue weighted by molar-refractivity contribution is 0.247. The third kappa shape index (κ3) is 3.46. The lowest BCUT2D eigenvalue weighted by Crippen LogP contribution is -2.46. The second-order valence-electron chi connectivity index (χ2n) is 6.00. The van der Waals surface area contributed by atoms with E-state index >= 15 is 0 Å². The predicted molar refractivity (Wildman–Crippen MR) is 89.6 cm³/mol. The molecule has 1 aliphatic heterocycles. The molecule has 0 bridgehead atoms. The molecule has 7 nitrogen and oxygen atoms in total. The highest BCUT2D eigenvalue weighted by atomic mass is 16.5. The van der Waals surface area contributed by atoms with E-state index in [9.17, 15) is 0 Å². The van der Waals surface area contributed by atoms with Crippen LogP contribution in [0, 0.1) is 0 Å². The number of rotatable bonds is 5. The van der Waals surface area contributed by atoms with Crippen LogP contribution in [0.15, 0.2) is 53.4 Å². The fourth-order valence-electron chi connectivity index (χ4n) is 3.01. The summed E-state index contributed by atoms with van der Waals surface area (Å²) in [6.45, 7) is 5.57. The van der Waals surface area contributed by atoms with Gasteiger partial charge in [-0.2, -0.15) is 0 Å². The molecule has 0 aliphatic carbocycles. The summed E-state index contributed by atoms with van der Waals surface area (Å²) in [4.78, 5) is 4.85. The molecule has 7 heteroatoms. The molecule has 1 saturated heterocycles. The largest absolute Gasteiger partial charge is 0.369 e. The molecule has 4 rings (SSSR count). The maximum atomic E-state index is 4.84. The van der Waals surface area contributed by atoms with Crippen molar-refractivity contribution in [3.8, 4) is 0 Å². The van der Waals surface area contributed by atoms with Crippen LogP contribution in [-0.2, 0) is 13.1 Å². The summed E-state index contributed by atoms with van der Waals surface area (Å²) in [7, 11) is 0. The van der Waals surface area contributed by atoms with Crippen molar-refractivity contribution in [2.45, 2.75) is 13.1 Å². The number of aromatic nitrogens is 4. The van der Waals surface area contributed by atoms with Crippen molar-refractivity contribution < 1.29 is 4.52 Å². The number of hydrogen-bond donors (Lipinski definition) is 0. The summed E-state index contributed by atoms with van der Waals surface area (Å²) in [6, 6.07) is 12.4. The number of anilines is 1. The van der Waals surface area contributed by atoms with Gasteiger partial charge in [0.05, 0.1) is 18.4 Å². The van der Waals surface area contributed by atoms with Crippen molar-refractivity contribution in [3.05, 3.63) is 60.2 Å². The molecule has 124 valence electrons. The second kappa shape index (κ2) is 6.84. The van der Waals surface area contributed by atoms with E-state index in [1.54, 1.807) is 10.9 Å². The van der Waals surface area contributed by atoms with E-state index in [4.69, 9.17) is 4.52 Å². The Labute approximate surface area is 140 Å². The Bertz CT molecular complexity index is 747. The molecule has 2 aromatic heterocycles. The fourth-order valence-corrected chi connectivity index (χ4v) is 3.01. The second-order valence-corrected chi connectivity index (χ2v) is 6.00. The summed E-state index contributed by atoms with van der Waals surface area (Å²) in [6.07, 6.45) is 3.55. The van der Waals surface area contributed by atoms with Gasteiger partial charge in [-0.05, 0) is 12.1 Å². The van der Waals surface area contributed by atoms with Crippen LogP contribution in [-0.4, -0.2) is 51.2 Å². The molecule has 0 saturated carbocycles. The first-order valence-electron chi connectivity index (χ1n) is 8.17. The van der Waals surface area contributed by atoms with Gasteiger partial charge in [0.1, 0.15) is 12.0 Å². The van der Waals surface area contributed by atoms with Gasteiger partial charge < -0.3 is 9.42 Å². The van der Waals surface area contributed by atoms with E-state index in [1.165, 1.54) is 5.69 Å². The molecular formula is C17H20N6O. The van der Waals surface area contributed by atoms with Crippen molar-refractivity contribution >= 4 is 5.69 Å². The molecule has 0 spiro atoms. The standard InChI is InChI=1S/C17H20N6O/c1-2-4-17(5-3-1)22-9-7-21(8-10-22)12-16-14-23(20-18-16)13-15-6-11-24-19-15/h1-6,11,14H,7-10,12-13H2. The quantitative estimate of drug-likeness (QED) is 0.711. The summed E-state index contributed by atoms with van der Waals surface area (Å²) in [5.41, 5.74) is 3.14. The Morgan fingerprint density at radius 1 is 0.917 bits per heavy atom. The van der Waals surface area contributed by atoms with Gasteiger partial charge in [0.15, 0.2) is 0 Å². The number of para-hydroxylation sites is 1. The molecular weight excluding hydrogens is 304 g/mol. The van der Waals surface area contributed by atoms with E-state index < -0.39 is 0 Å². The molecule has 1 aliphatic rings. The van der Waals surface area contributed by atoms with Crippen molar-refractivity contribution in [2.24, 2.45) is 0 Å². The molecule has 0 unspecified atom stereocenters. The molecule has 1 fully saturated rings. The van der Waals surface area contributed by atoms with Gasteiger partial charge >= 0.3 is 0 Å². The van der Waals surface area contributed by atoms with Gasteiger partial charge in [-0.3, -0.25) is 4.90 Å². The minimum atomic E-state index is 0.589. The van der Waals surface area contributed by atoms with Crippen LogP contribution in [0.5, 0.6) is 0 Å². The summed E-state index contributed by atoms with van der Waals surface area (Å²) >= 11 is 0. The highest BCUT2D eigenvalue weighted by Gasteiger charge is 2.18. The van der Waals surface area contributed by atoms with Crippen LogP contribution in [0.2, 0.25) is 0 Å². The maximum Gasteiger partial charge on any atom is 0.124 e. The number of nitrogens with zero attached hydrogens (tertiary/aromatic N) is 6. The van der Waals surface area contributed by atoms with Crippen LogP contribution >= 0.6 is 0 Å². The lowest BCUT2D eigenvalue weighted by atomic mass is 10.2. The van der Waals surface area contributed by atoms with Gasteiger partial charge in [-0.25, -0.2) is 4.68 Å². The number of piperazine rings is 1. The van der Waals surface area contributed by atoms with Gasteiger partial charge in [-0.1, -0.05) is 28.6 Å². The predicted octanol–water partition coefficient (Wildman–Crippen LogP) is 1.64. The number of benzene rings is 1. The van der Waals surface area contributed by atoms with E-state index in [1.807, 2.05) is 12.3 Å². The minimum absolute atomic E-state index is 0.589. The maximum absolute atomic E-state index is 4.84. The average Bonchev–Trinajstić information content (AvgIpc) is 3.29. The first kappa shape index (κ1) is 14.9. The van der Waals surface area contributed by atoms with E-state index in [-0.39, 0.29) is 0 Å². The molecule has 0 N–H and O–H groups in total. The summed E-state index contributed by atoms with van der Waals surface area (Å²) in [5, 5.41) is 12.3.